The monoisotopic (exact) mass is 333 g/mol. The molecule has 0 aliphatic carbocycles. The van der Waals surface area contributed by atoms with Crippen molar-refractivity contribution >= 4 is 16.5 Å². The van der Waals surface area contributed by atoms with Crippen LogP contribution in [-0.4, -0.2) is 32.8 Å². The summed E-state index contributed by atoms with van der Waals surface area (Å²) in [5, 5.41) is 11.0. The first-order valence-corrected chi connectivity index (χ1v) is 9.60. The lowest BCUT2D eigenvalue weighted by Gasteiger charge is -2.32. The van der Waals surface area contributed by atoms with Crippen molar-refractivity contribution < 1.29 is 0 Å². The topological polar surface area (TPSA) is 46.8 Å². The van der Waals surface area contributed by atoms with Gasteiger partial charge in [-0.05, 0) is 19.3 Å². The van der Waals surface area contributed by atoms with Crippen molar-refractivity contribution in [1.29, 1.82) is 0 Å². The summed E-state index contributed by atoms with van der Waals surface area (Å²) >= 11 is 1.74. The summed E-state index contributed by atoms with van der Waals surface area (Å²) in [6.45, 7) is 9.76. The summed E-state index contributed by atoms with van der Waals surface area (Å²) in [5.41, 5.74) is 0. The molecule has 2 aromatic rings. The van der Waals surface area contributed by atoms with E-state index in [9.17, 15) is 0 Å². The van der Waals surface area contributed by atoms with Gasteiger partial charge in [0.15, 0.2) is 0 Å². The zero-order valence-electron chi connectivity index (χ0n) is 14.4. The lowest BCUT2D eigenvalue weighted by Crippen LogP contribution is -2.35. The van der Waals surface area contributed by atoms with Crippen LogP contribution in [0.15, 0.2) is 12.4 Å². The van der Waals surface area contributed by atoms with E-state index < -0.39 is 0 Å². The van der Waals surface area contributed by atoms with Crippen LogP contribution in [0.2, 0.25) is 0 Å². The number of aromatic nitrogens is 4. The molecule has 0 spiro atoms. The molecule has 3 heterocycles. The fourth-order valence-electron chi connectivity index (χ4n) is 3.15. The third kappa shape index (κ3) is 3.74. The zero-order valence-corrected chi connectivity index (χ0v) is 15.2. The Bertz CT molecular complexity index is 618. The number of piperidine rings is 1. The maximum absolute atomic E-state index is 4.66. The van der Waals surface area contributed by atoms with Crippen LogP contribution in [0.1, 0.15) is 69.1 Å². The highest BCUT2D eigenvalue weighted by Gasteiger charge is 2.26. The van der Waals surface area contributed by atoms with Crippen LogP contribution in [-0.2, 0) is 6.54 Å². The van der Waals surface area contributed by atoms with Crippen molar-refractivity contribution in [2.75, 3.05) is 18.0 Å². The molecular weight excluding hydrogens is 306 g/mol. The van der Waals surface area contributed by atoms with E-state index in [1.54, 1.807) is 11.3 Å². The van der Waals surface area contributed by atoms with E-state index in [1.165, 1.54) is 31.5 Å². The standard InChI is InChI=1S/C17H27N5S/c1-4-5-9-21-11-8-18-15(21)14-7-6-10-22(12-14)17-20-19-16(23-17)13(2)3/h8,11,13-14H,4-7,9-10,12H2,1-3H3/t14-/m1/s1. The van der Waals surface area contributed by atoms with Crippen LogP contribution < -0.4 is 4.90 Å². The van der Waals surface area contributed by atoms with Crippen LogP contribution in [0.25, 0.3) is 0 Å². The maximum Gasteiger partial charge on any atom is 0.208 e. The molecule has 0 unspecified atom stereocenters. The van der Waals surface area contributed by atoms with Gasteiger partial charge in [-0.2, -0.15) is 0 Å². The smallest absolute Gasteiger partial charge is 0.208 e. The number of nitrogens with zero attached hydrogens (tertiary/aromatic N) is 5. The fraction of sp³-hybridized carbons (Fsp3) is 0.706. The largest absolute Gasteiger partial charge is 0.346 e. The second-order valence-electron chi connectivity index (χ2n) is 6.70. The molecular formula is C17H27N5S. The fourth-order valence-corrected chi connectivity index (χ4v) is 4.03. The van der Waals surface area contributed by atoms with Crippen molar-refractivity contribution in [2.45, 2.75) is 64.8 Å². The summed E-state index contributed by atoms with van der Waals surface area (Å²) in [4.78, 5) is 7.06. The molecule has 1 aliphatic rings. The number of hydrogen-bond acceptors (Lipinski definition) is 5. The van der Waals surface area contributed by atoms with Gasteiger partial charge in [0.2, 0.25) is 5.13 Å². The molecule has 126 valence electrons. The highest BCUT2D eigenvalue weighted by atomic mass is 32.1. The minimum atomic E-state index is 0.453. The van der Waals surface area contributed by atoms with Gasteiger partial charge in [-0.15, -0.1) is 10.2 Å². The van der Waals surface area contributed by atoms with Crippen molar-refractivity contribution in [3.8, 4) is 0 Å². The molecule has 0 saturated carbocycles. The van der Waals surface area contributed by atoms with Gasteiger partial charge in [0.1, 0.15) is 10.8 Å². The molecule has 1 saturated heterocycles. The van der Waals surface area contributed by atoms with Crippen molar-refractivity contribution in [2.24, 2.45) is 0 Å². The number of imidazole rings is 1. The number of hydrogen-bond donors (Lipinski definition) is 0. The maximum atomic E-state index is 4.66. The second kappa shape index (κ2) is 7.43. The molecule has 0 aromatic carbocycles. The Kier molecular flexibility index (Phi) is 5.30. The Hall–Kier alpha value is -1.43. The van der Waals surface area contributed by atoms with Gasteiger partial charge in [-0.3, -0.25) is 0 Å². The van der Waals surface area contributed by atoms with Crippen LogP contribution in [0.4, 0.5) is 5.13 Å². The molecule has 0 radical (unpaired) electrons. The number of rotatable bonds is 6. The molecule has 1 fully saturated rings. The first kappa shape index (κ1) is 16.4. The lowest BCUT2D eigenvalue weighted by molar-refractivity contribution is 0.465. The minimum Gasteiger partial charge on any atom is -0.346 e. The van der Waals surface area contributed by atoms with E-state index in [2.05, 4.69) is 51.6 Å². The van der Waals surface area contributed by atoms with Gasteiger partial charge in [-0.25, -0.2) is 4.98 Å². The van der Waals surface area contributed by atoms with Gasteiger partial charge in [0.25, 0.3) is 0 Å². The average Bonchev–Trinajstić information content (AvgIpc) is 3.22. The van der Waals surface area contributed by atoms with E-state index in [4.69, 9.17) is 0 Å². The van der Waals surface area contributed by atoms with E-state index in [-0.39, 0.29) is 0 Å². The molecule has 2 aromatic heterocycles. The van der Waals surface area contributed by atoms with Crippen LogP contribution in [0, 0.1) is 0 Å². The molecule has 1 atom stereocenters. The summed E-state index contributed by atoms with van der Waals surface area (Å²) in [7, 11) is 0. The predicted molar refractivity (Wildman–Crippen MR) is 95.3 cm³/mol. The zero-order chi connectivity index (χ0) is 16.2. The number of anilines is 1. The molecule has 5 nitrogen and oxygen atoms in total. The molecule has 3 rings (SSSR count). The van der Waals surface area contributed by atoms with E-state index in [0.29, 0.717) is 11.8 Å². The quantitative estimate of drug-likeness (QED) is 0.800. The minimum absolute atomic E-state index is 0.453. The molecule has 0 bridgehead atoms. The molecule has 23 heavy (non-hydrogen) atoms. The third-order valence-corrected chi connectivity index (χ3v) is 5.77. The van der Waals surface area contributed by atoms with Gasteiger partial charge in [-0.1, -0.05) is 38.5 Å². The molecule has 0 amide bonds. The second-order valence-corrected chi connectivity index (χ2v) is 7.68. The lowest BCUT2D eigenvalue weighted by atomic mass is 9.97. The normalized spacial score (nSPS) is 18.8. The van der Waals surface area contributed by atoms with Gasteiger partial charge >= 0.3 is 0 Å². The van der Waals surface area contributed by atoms with E-state index in [1.807, 2.05) is 6.20 Å². The summed E-state index contributed by atoms with van der Waals surface area (Å²) in [6.07, 6.45) is 8.93. The highest BCUT2D eigenvalue weighted by Crippen LogP contribution is 2.32. The first-order chi connectivity index (χ1) is 11.2. The Morgan fingerprint density at radius 2 is 2.22 bits per heavy atom. The Labute approximate surface area is 142 Å². The van der Waals surface area contributed by atoms with Gasteiger partial charge in [0.05, 0.1) is 0 Å². The summed E-state index contributed by atoms with van der Waals surface area (Å²) in [5.74, 6) is 2.20. The van der Waals surface area contributed by atoms with Crippen LogP contribution >= 0.6 is 11.3 Å². The third-order valence-electron chi connectivity index (χ3n) is 4.48. The SMILES string of the molecule is CCCCn1ccnc1[C@@H]1CCCN(c2nnc(C(C)C)s2)C1. The Morgan fingerprint density at radius 1 is 1.35 bits per heavy atom. The van der Waals surface area contributed by atoms with Crippen molar-refractivity contribution in [1.82, 2.24) is 19.7 Å². The molecule has 1 aliphatic heterocycles. The predicted octanol–water partition coefficient (Wildman–Crippen LogP) is 4.04. The van der Waals surface area contributed by atoms with Gasteiger partial charge in [0, 0.05) is 43.9 Å². The summed E-state index contributed by atoms with van der Waals surface area (Å²) in [6, 6.07) is 0. The van der Waals surface area contributed by atoms with Gasteiger partial charge < -0.3 is 9.47 Å². The van der Waals surface area contributed by atoms with Crippen LogP contribution in [0.3, 0.4) is 0 Å². The Morgan fingerprint density at radius 3 is 2.96 bits per heavy atom. The van der Waals surface area contributed by atoms with Crippen LogP contribution in [0.5, 0.6) is 0 Å². The number of aryl methyl sites for hydroxylation is 1. The van der Waals surface area contributed by atoms with E-state index in [0.717, 1.165) is 29.8 Å². The first-order valence-electron chi connectivity index (χ1n) is 8.78. The van der Waals surface area contributed by atoms with Crippen molar-refractivity contribution in [3.05, 3.63) is 23.2 Å². The molecule has 6 heteroatoms. The van der Waals surface area contributed by atoms with Crippen molar-refractivity contribution in [3.63, 3.8) is 0 Å². The summed E-state index contributed by atoms with van der Waals surface area (Å²) < 4.78 is 2.34. The average molecular weight is 334 g/mol. The highest BCUT2D eigenvalue weighted by molar-refractivity contribution is 7.15. The Balaban J connectivity index is 1.71. The number of unbranched alkanes of at least 4 members (excludes halogenated alkanes) is 1. The van der Waals surface area contributed by atoms with E-state index >= 15 is 0 Å². The molecule has 0 N–H and O–H groups in total.